The average Bonchev–Trinajstić information content (AvgIpc) is 2.78. The Morgan fingerprint density at radius 1 is 0.765 bits per heavy atom. The first-order valence-corrected chi connectivity index (χ1v) is 12.1. The van der Waals surface area contributed by atoms with Gasteiger partial charge >= 0.3 is 0 Å². The van der Waals surface area contributed by atoms with Gasteiger partial charge in [-0.3, -0.25) is 4.72 Å². The number of aromatic nitrogens is 2. The molecule has 10 heteroatoms. The Bertz CT molecular complexity index is 1430. The van der Waals surface area contributed by atoms with Gasteiger partial charge in [0, 0.05) is 23.1 Å². The summed E-state index contributed by atoms with van der Waals surface area (Å²) in [7, 11) is -3.92. The minimum Gasteiger partial charge on any atom is -0.340 e. The third-order valence-electron chi connectivity index (χ3n) is 4.77. The van der Waals surface area contributed by atoms with E-state index in [4.69, 9.17) is 11.6 Å². The third kappa shape index (κ3) is 5.81. The van der Waals surface area contributed by atoms with E-state index in [1.54, 1.807) is 37.3 Å². The maximum atomic E-state index is 13.3. The lowest BCUT2D eigenvalue weighted by Gasteiger charge is -2.12. The predicted octanol–water partition coefficient (Wildman–Crippen LogP) is 6.17. The van der Waals surface area contributed by atoms with Crippen LogP contribution >= 0.6 is 11.6 Å². The van der Waals surface area contributed by atoms with Crippen LogP contribution < -0.4 is 15.4 Å². The van der Waals surface area contributed by atoms with Gasteiger partial charge in [0.15, 0.2) is 0 Å². The van der Waals surface area contributed by atoms with Gasteiger partial charge in [0.1, 0.15) is 23.3 Å². The van der Waals surface area contributed by atoms with Crippen molar-refractivity contribution >= 4 is 50.3 Å². The highest BCUT2D eigenvalue weighted by molar-refractivity contribution is 7.92. The van der Waals surface area contributed by atoms with Crippen LogP contribution in [0.5, 0.6) is 0 Å². The topological polar surface area (TPSA) is 96.0 Å². The number of aryl methyl sites for hydroxylation is 2. The van der Waals surface area contributed by atoms with Gasteiger partial charge in [-0.25, -0.2) is 22.8 Å². The molecule has 3 N–H and O–H groups in total. The predicted molar refractivity (Wildman–Crippen MR) is 133 cm³/mol. The second kappa shape index (κ2) is 9.66. The van der Waals surface area contributed by atoms with E-state index >= 15 is 0 Å². The van der Waals surface area contributed by atoms with Crippen molar-refractivity contribution in [1.29, 1.82) is 0 Å². The summed E-state index contributed by atoms with van der Waals surface area (Å²) in [5, 5.41) is 6.18. The zero-order chi connectivity index (χ0) is 24.3. The highest BCUT2D eigenvalue weighted by Gasteiger charge is 2.16. The molecular weight excluding hydrogens is 477 g/mol. The van der Waals surface area contributed by atoms with E-state index in [1.807, 2.05) is 31.2 Å². The van der Waals surface area contributed by atoms with Crippen molar-refractivity contribution in [3.63, 3.8) is 0 Å². The van der Waals surface area contributed by atoms with Gasteiger partial charge < -0.3 is 10.6 Å². The van der Waals surface area contributed by atoms with Crippen LogP contribution in [-0.4, -0.2) is 18.4 Å². The van der Waals surface area contributed by atoms with Crippen LogP contribution in [0.3, 0.4) is 0 Å². The quantitative estimate of drug-likeness (QED) is 0.282. The molecular formula is C24H21ClFN5O2S. The Balaban J connectivity index is 1.46. The number of hydrogen-bond donors (Lipinski definition) is 3. The van der Waals surface area contributed by atoms with Crippen molar-refractivity contribution in [2.45, 2.75) is 18.7 Å². The minimum absolute atomic E-state index is 0.133. The molecule has 0 amide bonds. The smallest absolute Gasteiger partial charge is 0.261 e. The molecule has 7 nitrogen and oxygen atoms in total. The van der Waals surface area contributed by atoms with Crippen molar-refractivity contribution < 1.29 is 12.8 Å². The van der Waals surface area contributed by atoms with Gasteiger partial charge in [-0.1, -0.05) is 29.3 Å². The first kappa shape index (κ1) is 23.5. The highest BCUT2D eigenvalue weighted by Crippen LogP contribution is 2.24. The second-order valence-electron chi connectivity index (χ2n) is 7.56. The molecule has 34 heavy (non-hydrogen) atoms. The van der Waals surface area contributed by atoms with Gasteiger partial charge in [0.05, 0.1) is 9.92 Å². The molecule has 0 bridgehead atoms. The molecule has 0 spiro atoms. The molecule has 0 saturated carbocycles. The summed E-state index contributed by atoms with van der Waals surface area (Å²) in [4.78, 5) is 8.69. The van der Waals surface area contributed by atoms with Gasteiger partial charge in [-0.05, 0) is 68.4 Å². The molecule has 174 valence electrons. The lowest BCUT2D eigenvalue weighted by molar-refractivity contribution is 0.599. The number of sulfonamides is 1. The molecule has 0 radical (unpaired) electrons. The van der Waals surface area contributed by atoms with Crippen molar-refractivity contribution in [2.75, 3.05) is 15.4 Å². The number of nitrogens with one attached hydrogen (secondary N) is 3. The fraction of sp³-hybridized carbons (Fsp3) is 0.0833. The van der Waals surface area contributed by atoms with Crippen molar-refractivity contribution in [3.8, 4) is 0 Å². The van der Waals surface area contributed by atoms with Crippen LogP contribution in [0.25, 0.3) is 0 Å². The lowest BCUT2D eigenvalue weighted by Crippen LogP contribution is -2.13. The molecule has 1 heterocycles. The maximum Gasteiger partial charge on any atom is 0.261 e. The summed E-state index contributed by atoms with van der Waals surface area (Å²) >= 11 is 5.70. The maximum absolute atomic E-state index is 13.3. The van der Waals surface area contributed by atoms with Crippen molar-refractivity contribution in [3.05, 3.63) is 95.0 Å². The second-order valence-corrected chi connectivity index (χ2v) is 9.65. The van der Waals surface area contributed by atoms with E-state index in [0.717, 1.165) is 23.9 Å². The number of hydrogen-bond acceptors (Lipinski definition) is 6. The fourth-order valence-corrected chi connectivity index (χ4v) is 4.44. The van der Waals surface area contributed by atoms with E-state index in [9.17, 15) is 12.8 Å². The number of benzene rings is 3. The zero-order valence-electron chi connectivity index (χ0n) is 18.3. The van der Waals surface area contributed by atoms with E-state index in [1.165, 1.54) is 5.56 Å². The first-order chi connectivity index (χ1) is 16.2. The standard InChI is InChI=1S/C24H21ClFN5O2S/c1-15-3-5-17(6-4-15)29-23-14-24(28-16(2)27-23)30-18-7-9-19(10-8-18)31-34(32,33)20-11-12-22(26)21(25)13-20/h3-14,31H,1-2H3,(H2,27,28,29,30). The average molecular weight is 498 g/mol. The van der Waals surface area contributed by atoms with Gasteiger partial charge in [-0.15, -0.1) is 0 Å². The monoisotopic (exact) mass is 497 g/mol. The Morgan fingerprint density at radius 3 is 1.85 bits per heavy atom. The Kier molecular flexibility index (Phi) is 6.67. The molecule has 0 atom stereocenters. The Hall–Kier alpha value is -3.69. The molecule has 0 unspecified atom stereocenters. The molecule has 0 aliphatic carbocycles. The summed E-state index contributed by atoms with van der Waals surface area (Å²) in [6, 6.07) is 19.6. The normalized spacial score (nSPS) is 11.2. The Labute approximate surface area is 202 Å². The third-order valence-corrected chi connectivity index (χ3v) is 6.44. The summed E-state index contributed by atoms with van der Waals surface area (Å²) in [5.74, 6) is 1.12. The number of halogens is 2. The number of anilines is 5. The van der Waals surface area contributed by atoms with Crippen molar-refractivity contribution in [2.24, 2.45) is 0 Å². The summed E-state index contributed by atoms with van der Waals surface area (Å²) in [5.41, 5.74) is 3.12. The van der Waals surface area contributed by atoms with E-state index in [-0.39, 0.29) is 9.92 Å². The number of nitrogens with zero attached hydrogens (tertiary/aromatic N) is 2. The number of rotatable bonds is 7. The van der Waals surface area contributed by atoms with Gasteiger partial charge in [0.25, 0.3) is 10.0 Å². The molecule has 4 rings (SSSR count). The van der Waals surface area contributed by atoms with Crippen LogP contribution in [-0.2, 0) is 10.0 Å². The largest absolute Gasteiger partial charge is 0.340 e. The molecule has 3 aromatic carbocycles. The molecule has 1 aromatic heterocycles. The highest BCUT2D eigenvalue weighted by atomic mass is 35.5. The van der Waals surface area contributed by atoms with Gasteiger partial charge in [0.2, 0.25) is 0 Å². The van der Waals surface area contributed by atoms with Gasteiger partial charge in [-0.2, -0.15) is 0 Å². The molecule has 4 aromatic rings. The summed E-state index contributed by atoms with van der Waals surface area (Å²) in [6.07, 6.45) is 0. The van der Waals surface area contributed by atoms with E-state index in [0.29, 0.717) is 28.8 Å². The van der Waals surface area contributed by atoms with E-state index < -0.39 is 15.8 Å². The SMILES string of the molecule is Cc1ccc(Nc2cc(Nc3ccc(NS(=O)(=O)c4ccc(F)c(Cl)c4)cc3)nc(C)n2)cc1. The Morgan fingerprint density at radius 2 is 1.29 bits per heavy atom. The first-order valence-electron chi connectivity index (χ1n) is 10.2. The minimum atomic E-state index is -3.92. The summed E-state index contributed by atoms with van der Waals surface area (Å²) < 4.78 is 40.9. The van der Waals surface area contributed by atoms with Crippen LogP contribution in [0.1, 0.15) is 11.4 Å². The van der Waals surface area contributed by atoms with Crippen LogP contribution in [0, 0.1) is 19.7 Å². The molecule has 0 fully saturated rings. The zero-order valence-corrected chi connectivity index (χ0v) is 19.9. The van der Waals surface area contributed by atoms with Crippen LogP contribution in [0.4, 0.5) is 33.1 Å². The van der Waals surface area contributed by atoms with Crippen molar-refractivity contribution in [1.82, 2.24) is 9.97 Å². The van der Waals surface area contributed by atoms with Crippen LogP contribution in [0.15, 0.2) is 77.7 Å². The molecule has 0 aliphatic heterocycles. The van der Waals surface area contributed by atoms with E-state index in [2.05, 4.69) is 25.3 Å². The summed E-state index contributed by atoms with van der Waals surface area (Å²) in [6.45, 7) is 3.82. The fourth-order valence-electron chi connectivity index (χ4n) is 3.11. The molecule has 0 aliphatic rings. The molecule has 0 saturated heterocycles. The van der Waals surface area contributed by atoms with Crippen LogP contribution in [0.2, 0.25) is 5.02 Å². The lowest BCUT2D eigenvalue weighted by atomic mass is 10.2.